The highest BCUT2D eigenvalue weighted by molar-refractivity contribution is 6.42. The number of amides is 1. The quantitative estimate of drug-likeness (QED) is 0.704. The van der Waals surface area contributed by atoms with Gasteiger partial charge in [-0.2, -0.15) is 0 Å². The molecule has 1 aliphatic heterocycles. The highest BCUT2D eigenvalue weighted by Gasteiger charge is 2.28. The standard InChI is InChI=1S/C23H27Cl2N3O2/c24-20-7-6-19(14-21(20)25)30-22-8-5-16(13-17(22)15-26)23(29)28-10-2-9-27(11-12-28)18-3-1-4-18/h5-8,13-14,18H,1-4,9-12,15,26H2. The average Bonchev–Trinajstić information content (AvgIpc) is 2.95. The molecule has 1 amide bonds. The molecule has 0 bridgehead atoms. The molecule has 7 heteroatoms. The Morgan fingerprint density at radius 3 is 2.53 bits per heavy atom. The normalized spacial score (nSPS) is 18.0. The van der Waals surface area contributed by atoms with Crippen molar-refractivity contribution < 1.29 is 9.53 Å². The number of nitrogens with zero attached hydrogens (tertiary/aromatic N) is 2. The first-order valence-corrected chi connectivity index (χ1v) is 11.3. The molecule has 5 nitrogen and oxygen atoms in total. The number of carbonyl (C=O) groups is 1. The fourth-order valence-electron chi connectivity index (χ4n) is 4.08. The summed E-state index contributed by atoms with van der Waals surface area (Å²) in [4.78, 5) is 17.6. The molecule has 2 aromatic rings. The first kappa shape index (κ1) is 21.4. The molecule has 4 rings (SSSR count). The molecule has 1 saturated carbocycles. The van der Waals surface area contributed by atoms with Gasteiger partial charge in [0.15, 0.2) is 0 Å². The lowest BCUT2D eigenvalue weighted by molar-refractivity contribution is 0.0749. The maximum atomic E-state index is 13.1. The number of hydrogen-bond donors (Lipinski definition) is 1. The Kier molecular flexibility index (Phi) is 6.84. The summed E-state index contributed by atoms with van der Waals surface area (Å²) < 4.78 is 5.94. The van der Waals surface area contributed by atoms with Crippen molar-refractivity contribution in [3.8, 4) is 11.5 Å². The van der Waals surface area contributed by atoms with E-state index in [9.17, 15) is 4.79 Å². The summed E-state index contributed by atoms with van der Waals surface area (Å²) >= 11 is 12.0. The Hall–Kier alpha value is -1.79. The van der Waals surface area contributed by atoms with Gasteiger partial charge in [0.25, 0.3) is 5.91 Å². The van der Waals surface area contributed by atoms with Gasteiger partial charge in [0.05, 0.1) is 10.0 Å². The molecule has 30 heavy (non-hydrogen) atoms. The molecule has 0 radical (unpaired) electrons. The molecular formula is C23H27Cl2N3O2. The Balaban J connectivity index is 1.46. The van der Waals surface area contributed by atoms with Gasteiger partial charge in [-0.25, -0.2) is 0 Å². The summed E-state index contributed by atoms with van der Waals surface area (Å²) in [5.41, 5.74) is 7.37. The first-order valence-electron chi connectivity index (χ1n) is 10.5. The van der Waals surface area contributed by atoms with Crippen LogP contribution >= 0.6 is 23.2 Å². The number of carbonyl (C=O) groups excluding carboxylic acids is 1. The van der Waals surface area contributed by atoms with Crippen molar-refractivity contribution in [1.82, 2.24) is 9.80 Å². The lowest BCUT2D eigenvalue weighted by Gasteiger charge is -2.36. The van der Waals surface area contributed by atoms with Crippen LogP contribution in [0.3, 0.4) is 0 Å². The van der Waals surface area contributed by atoms with E-state index in [1.807, 2.05) is 17.0 Å². The van der Waals surface area contributed by atoms with Crippen molar-refractivity contribution in [3.63, 3.8) is 0 Å². The predicted molar refractivity (Wildman–Crippen MR) is 121 cm³/mol. The molecule has 2 aliphatic rings. The van der Waals surface area contributed by atoms with Crippen molar-refractivity contribution in [3.05, 3.63) is 57.6 Å². The lowest BCUT2D eigenvalue weighted by atomic mass is 9.91. The Labute approximate surface area is 187 Å². The Morgan fingerprint density at radius 2 is 1.83 bits per heavy atom. The van der Waals surface area contributed by atoms with E-state index in [2.05, 4.69) is 4.90 Å². The number of benzene rings is 2. The fraction of sp³-hybridized carbons (Fsp3) is 0.435. The SMILES string of the molecule is NCc1cc(C(=O)N2CCCN(C3CCC3)CC2)ccc1Oc1ccc(Cl)c(Cl)c1. The van der Waals surface area contributed by atoms with Crippen LogP contribution in [-0.4, -0.2) is 47.9 Å². The highest BCUT2D eigenvalue weighted by atomic mass is 35.5. The molecule has 160 valence electrons. The zero-order valence-corrected chi connectivity index (χ0v) is 18.5. The first-order chi connectivity index (χ1) is 14.5. The maximum Gasteiger partial charge on any atom is 0.253 e. The van der Waals surface area contributed by atoms with Crippen molar-refractivity contribution in [1.29, 1.82) is 0 Å². The minimum absolute atomic E-state index is 0.0567. The molecule has 0 aromatic heterocycles. The third-order valence-electron chi connectivity index (χ3n) is 6.06. The van der Waals surface area contributed by atoms with Gasteiger partial charge in [0.1, 0.15) is 11.5 Å². The molecule has 1 aliphatic carbocycles. The van der Waals surface area contributed by atoms with Gasteiger partial charge >= 0.3 is 0 Å². The third-order valence-corrected chi connectivity index (χ3v) is 6.79. The van der Waals surface area contributed by atoms with Crippen LogP contribution in [0.2, 0.25) is 10.0 Å². The van der Waals surface area contributed by atoms with E-state index in [4.69, 9.17) is 33.7 Å². The van der Waals surface area contributed by atoms with E-state index < -0.39 is 0 Å². The van der Waals surface area contributed by atoms with Gasteiger partial charge < -0.3 is 15.4 Å². The van der Waals surface area contributed by atoms with Crippen molar-refractivity contribution in [2.24, 2.45) is 5.73 Å². The second-order valence-electron chi connectivity index (χ2n) is 7.97. The average molecular weight is 448 g/mol. The molecule has 2 fully saturated rings. The van der Waals surface area contributed by atoms with Crippen LogP contribution in [-0.2, 0) is 6.54 Å². The maximum absolute atomic E-state index is 13.1. The van der Waals surface area contributed by atoms with Crippen LogP contribution in [0.5, 0.6) is 11.5 Å². The third kappa shape index (κ3) is 4.75. The number of rotatable bonds is 5. The van der Waals surface area contributed by atoms with Gasteiger partial charge in [-0.05, 0) is 49.6 Å². The lowest BCUT2D eigenvalue weighted by Crippen LogP contribution is -2.42. The summed E-state index contributed by atoms with van der Waals surface area (Å²) in [7, 11) is 0. The number of hydrogen-bond acceptors (Lipinski definition) is 4. The number of halogens is 2. The van der Waals surface area contributed by atoms with Crippen molar-refractivity contribution in [2.45, 2.75) is 38.3 Å². The molecule has 2 N–H and O–H groups in total. The summed E-state index contributed by atoms with van der Waals surface area (Å²) in [5.74, 6) is 1.24. The molecular weight excluding hydrogens is 421 g/mol. The second kappa shape index (κ2) is 9.56. The van der Waals surface area contributed by atoms with Crippen molar-refractivity contribution >= 4 is 29.1 Å². The monoisotopic (exact) mass is 447 g/mol. The Bertz CT molecular complexity index is 917. The van der Waals surface area contributed by atoms with Crippen LogP contribution in [0.4, 0.5) is 0 Å². The highest BCUT2D eigenvalue weighted by Crippen LogP contribution is 2.32. The van der Waals surface area contributed by atoms with E-state index in [1.165, 1.54) is 19.3 Å². The molecule has 1 heterocycles. The van der Waals surface area contributed by atoms with Crippen molar-refractivity contribution in [2.75, 3.05) is 26.2 Å². The van der Waals surface area contributed by atoms with Gasteiger partial charge in [0, 0.05) is 56.0 Å². The predicted octanol–water partition coefficient (Wildman–Crippen LogP) is 4.94. The smallest absolute Gasteiger partial charge is 0.253 e. The minimum atomic E-state index is 0.0567. The van der Waals surface area contributed by atoms with Gasteiger partial charge in [0.2, 0.25) is 0 Å². The number of nitrogens with two attached hydrogens (primary N) is 1. The van der Waals surface area contributed by atoms with Crippen LogP contribution in [0.1, 0.15) is 41.6 Å². The summed E-state index contributed by atoms with van der Waals surface area (Å²) in [6.07, 6.45) is 4.95. The summed E-state index contributed by atoms with van der Waals surface area (Å²) in [6.45, 7) is 3.88. The van der Waals surface area contributed by atoms with Gasteiger partial charge in [-0.3, -0.25) is 9.69 Å². The topological polar surface area (TPSA) is 58.8 Å². The Morgan fingerprint density at radius 1 is 1.00 bits per heavy atom. The molecule has 2 aromatic carbocycles. The molecule has 0 atom stereocenters. The van der Waals surface area contributed by atoms with Crippen LogP contribution in [0, 0.1) is 0 Å². The minimum Gasteiger partial charge on any atom is -0.457 e. The summed E-state index contributed by atoms with van der Waals surface area (Å²) in [5, 5.41) is 0.893. The van der Waals surface area contributed by atoms with E-state index >= 15 is 0 Å². The van der Waals surface area contributed by atoms with E-state index in [-0.39, 0.29) is 12.5 Å². The second-order valence-corrected chi connectivity index (χ2v) is 8.79. The zero-order valence-electron chi connectivity index (χ0n) is 16.9. The van der Waals surface area contributed by atoms with Crippen LogP contribution in [0.25, 0.3) is 0 Å². The molecule has 0 unspecified atom stereocenters. The zero-order chi connectivity index (χ0) is 21.1. The molecule has 0 spiro atoms. The van der Waals surface area contributed by atoms with Crippen LogP contribution < -0.4 is 10.5 Å². The van der Waals surface area contributed by atoms with Gasteiger partial charge in [-0.15, -0.1) is 0 Å². The largest absolute Gasteiger partial charge is 0.457 e. The van der Waals surface area contributed by atoms with E-state index in [0.717, 1.165) is 44.2 Å². The molecule has 1 saturated heterocycles. The van der Waals surface area contributed by atoms with E-state index in [1.54, 1.807) is 24.3 Å². The number of ether oxygens (including phenoxy) is 1. The van der Waals surface area contributed by atoms with E-state index in [0.29, 0.717) is 27.1 Å². The van der Waals surface area contributed by atoms with Gasteiger partial charge in [-0.1, -0.05) is 29.6 Å². The summed E-state index contributed by atoms with van der Waals surface area (Å²) in [6, 6.07) is 11.3. The fourth-order valence-corrected chi connectivity index (χ4v) is 4.37. The van der Waals surface area contributed by atoms with Crippen LogP contribution in [0.15, 0.2) is 36.4 Å².